The summed E-state index contributed by atoms with van der Waals surface area (Å²) in [5, 5.41) is 4.89. The van der Waals surface area contributed by atoms with Crippen molar-refractivity contribution in [3.05, 3.63) is 64.9 Å². The van der Waals surface area contributed by atoms with E-state index in [9.17, 15) is 4.79 Å². The van der Waals surface area contributed by atoms with E-state index in [2.05, 4.69) is 22.3 Å². The molecule has 1 aromatic heterocycles. The van der Waals surface area contributed by atoms with Crippen LogP contribution in [-0.2, 0) is 4.79 Å². The number of aromatic nitrogens is 2. The van der Waals surface area contributed by atoms with E-state index < -0.39 is 0 Å². The first kappa shape index (κ1) is 23.1. The van der Waals surface area contributed by atoms with E-state index in [0.29, 0.717) is 29.9 Å². The molecule has 178 valence electrons. The highest BCUT2D eigenvalue weighted by Crippen LogP contribution is 2.41. The molecule has 0 aliphatic heterocycles. The molecule has 6 heteroatoms. The van der Waals surface area contributed by atoms with E-state index >= 15 is 0 Å². The Bertz CT molecular complexity index is 1140. The van der Waals surface area contributed by atoms with Crippen molar-refractivity contribution in [2.45, 2.75) is 76.3 Å². The van der Waals surface area contributed by atoms with Gasteiger partial charge in [-0.1, -0.05) is 61.2 Å². The predicted molar refractivity (Wildman–Crippen MR) is 138 cm³/mol. The van der Waals surface area contributed by atoms with Crippen LogP contribution >= 0.6 is 11.6 Å². The second-order valence-corrected chi connectivity index (χ2v) is 10.2. The number of amides is 1. The molecule has 0 spiro atoms. The molecule has 2 aromatic carbocycles. The predicted octanol–water partition coefficient (Wildman–Crippen LogP) is 6.57. The standard InChI is InChI=1S/C28H33ClN4O/c1-19(20-8-4-2-5-9-20)30-26(34)16-17-33(23-10-6-3-7-11-23)28-24-15-14-22(29)18-25(24)31-27(32-28)21-12-13-21/h2,4-5,8-9,14-15,18-19,21,23H,3,6-7,10-13,16-17H2,1H3,(H,30,34)/t19-/m0/s1. The molecule has 3 aromatic rings. The number of hydrogen-bond acceptors (Lipinski definition) is 4. The van der Waals surface area contributed by atoms with Crippen LogP contribution < -0.4 is 10.2 Å². The SMILES string of the molecule is C[C@H](NC(=O)CCN(c1nc(C2CC2)nc2cc(Cl)ccc12)C1CCCCC1)c1ccccc1. The molecule has 2 fully saturated rings. The van der Waals surface area contributed by atoms with Crippen molar-refractivity contribution in [3.8, 4) is 0 Å². The highest BCUT2D eigenvalue weighted by atomic mass is 35.5. The molecule has 1 amide bonds. The fraction of sp³-hybridized carbons (Fsp3) is 0.464. The summed E-state index contributed by atoms with van der Waals surface area (Å²) in [7, 11) is 0. The van der Waals surface area contributed by atoms with Gasteiger partial charge in [0.1, 0.15) is 11.6 Å². The minimum Gasteiger partial charge on any atom is -0.352 e. The van der Waals surface area contributed by atoms with Gasteiger partial charge in [-0.3, -0.25) is 4.79 Å². The summed E-state index contributed by atoms with van der Waals surface area (Å²) in [5.74, 6) is 2.42. The zero-order valence-electron chi connectivity index (χ0n) is 19.8. The lowest BCUT2D eigenvalue weighted by Gasteiger charge is -2.36. The first-order chi connectivity index (χ1) is 16.6. The molecule has 2 saturated carbocycles. The van der Waals surface area contributed by atoms with Crippen molar-refractivity contribution >= 4 is 34.2 Å². The van der Waals surface area contributed by atoms with Gasteiger partial charge in [-0.2, -0.15) is 0 Å². The third-order valence-electron chi connectivity index (χ3n) is 7.14. The molecular weight excluding hydrogens is 444 g/mol. The summed E-state index contributed by atoms with van der Waals surface area (Å²) in [6.07, 6.45) is 8.74. The molecule has 0 unspecified atom stereocenters. The van der Waals surface area contributed by atoms with E-state index in [4.69, 9.17) is 21.6 Å². The van der Waals surface area contributed by atoms with Crippen molar-refractivity contribution in [3.63, 3.8) is 0 Å². The first-order valence-electron chi connectivity index (χ1n) is 12.7. The second kappa shape index (κ2) is 10.3. The van der Waals surface area contributed by atoms with E-state index in [-0.39, 0.29) is 11.9 Å². The molecule has 2 aliphatic rings. The van der Waals surface area contributed by atoms with Crippen LogP contribution in [-0.4, -0.2) is 28.5 Å². The monoisotopic (exact) mass is 476 g/mol. The summed E-state index contributed by atoms with van der Waals surface area (Å²) in [6.45, 7) is 2.69. The molecule has 0 saturated heterocycles. The minimum atomic E-state index is -0.0136. The maximum atomic E-state index is 13.0. The van der Waals surface area contributed by atoms with Crippen LogP contribution in [0.2, 0.25) is 5.02 Å². The van der Waals surface area contributed by atoms with Crippen molar-refractivity contribution in [1.29, 1.82) is 0 Å². The minimum absolute atomic E-state index is 0.0136. The van der Waals surface area contributed by atoms with Crippen LogP contribution in [0.1, 0.15) is 81.6 Å². The van der Waals surface area contributed by atoms with Crippen LogP contribution in [0.25, 0.3) is 10.9 Å². The summed E-state index contributed by atoms with van der Waals surface area (Å²) in [6, 6.07) is 16.4. The topological polar surface area (TPSA) is 58.1 Å². The first-order valence-corrected chi connectivity index (χ1v) is 13.0. The van der Waals surface area contributed by atoms with Crippen LogP contribution in [0.3, 0.4) is 0 Å². The summed E-state index contributed by atoms with van der Waals surface area (Å²) in [5.41, 5.74) is 2.02. The largest absolute Gasteiger partial charge is 0.352 e. The average Bonchev–Trinajstić information content (AvgIpc) is 3.70. The maximum Gasteiger partial charge on any atom is 0.222 e. The quantitative estimate of drug-likeness (QED) is 0.399. The average molecular weight is 477 g/mol. The number of fused-ring (bicyclic) bond motifs is 1. The molecule has 1 heterocycles. The third kappa shape index (κ3) is 5.35. The number of carbonyl (C=O) groups excluding carboxylic acids is 1. The van der Waals surface area contributed by atoms with Gasteiger partial charge in [-0.25, -0.2) is 9.97 Å². The van der Waals surface area contributed by atoms with Gasteiger partial charge in [-0.05, 0) is 56.4 Å². The van der Waals surface area contributed by atoms with Crippen LogP contribution in [0.5, 0.6) is 0 Å². The van der Waals surface area contributed by atoms with E-state index in [1.165, 1.54) is 19.3 Å². The molecule has 0 bridgehead atoms. The van der Waals surface area contributed by atoms with Crippen molar-refractivity contribution < 1.29 is 4.79 Å². The highest BCUT2D eigenvalue weighted by Gasteiger charge is 2.30. The van der Waals surface area contributed by atoms with Crippen molar-refractivity contribution in [2.24, 2.45) is 0 Å². The van der Waals surface area contributed by atoms with E-state index in [0.717, 1.165) is 53.8 Å². The van der Waals surface area contributed by atoms with Gasteiger partial charge >= 0.3 is 0 Å². The lowest BCUT2D eigenvalue weighted by atomic mass is 9.93. The molecule has 5 nitrogen and oxygen atoms in total. The van der Waals surface area contributed by atoms with Gasteiger partial charge in [0, 0.05) is 35.3 Å². The fourth-order valence-corrected chi connectivity index (χ4v) is 5.23. The third-order valence-corrected chi connectivity index (χ3v) is 7.38. The summed E-state index contributed by atoms with van der Waals surface area (Å²) >= 11 is 6.32. The number of carbonyl (C=O) groups is 1. The lowest BCUT2D eigenvalue weighted by molar-refractivity contribution is -0.121. The number of benzene rings is 2. The number of nitrogens with one attached hydrogen (secondary N) is 1. The second-order valence-electron chi connectivity index (χ2n) is 9.78. The molecule has 2 aliphatic carbocycles. The number of hydrogen-bond donors (Lipinski definition) is 1. The summed E-state index contributed by atoms with van der Waals surface area (Å²) < 4.78 is 0. The number of anilines is 1. The molecular formula is C28H33ClN4O. The number of halogens is 1. The smallest absolute Gasteiger partial charge is 0.222 e. The van der Waals surface area contributed by atoms with Crippen LogP contribution in [0.4, 0.5) is 5.82 Å². The Kier molecular flexibility index (Phi) is 7.00. The molecule has 0 radical (unpaired) electrons. The van der Waals surface area contributed by atoms with Crippen LogP contribution in [0.15, 0.2) is 48.5 Å². The van der Waals surface area contributed by atoms with E-state index in [1.54, 1.807) is 0 Å². The Morgan fingerprint density at radius 2 is 1.82 bits per heavy atom. The maximum absolute atomic E-state index is 13.0. The zero-order valence-corrected chi connectivity index (χ0v) is 20.6. The molecule has 34 heavy (non-hydrogen) atoms. The van der Waals surface area contributed by atoms with E-state index in [1.807, 2.05) is 43.3 Å². The lowest BCUT2D eigenvalue weighted by Crippen LogP contribution is -2.40. The fourth-order valence-electron chi connectivity index (χ4n) is 5.06. The van der Waals surface area contributed by atoms with Gasteiger partial charge in [0.2, 0.25) is 5.91 Å². The summed E-state index contributed by atoms with van der Waals surface area (Å²) in [4.78, 5) is 25.3. The Morgan fingerprint density at radius 1 is 1.06 bits per heavy atom. The molecule has 1 N–H and O–H groups in total. The van der Waals surface area contributed by atoms with Gasteiger partial charge in [0.25, 0.3) is 0 Å². The van der Waals surface area contributed by atoms with Gasteiger partial charge < -0.3 is 10.2 Å². The number of nitrogens with zero attached hydrogens (tertiary/aromatic N) is 3. The Labute approximate surface area is 206 Å². The Morgan fingerprint density at radius 3 is 2.56 bits per heavy atom. The zero-order chi connectivity index (χ0) is 23.5. The molecule has 1 atom stereocenters. The number of rotatable bonds is 8. The Balaban J connectivity index is 1.40. The van der Waals surface area contributed by atoms with Crippen molar-refractivity contribution in [2.75, 3.05) is 11.4 Å². The van der Waals surface area contributed by atoms with Gasteiger partial charge in [0.05, 0.1) is 11.6 Å². The van der Waals surface area contributed by atoms with Crippen LogP contribution in [0, 0.1) is 0 Å². The molecule has 5 rings (SSSR count). The van der Waals surface area contributed by atoms with Crippen molar-refractivity contribution in [1.82, 2.24) is 15.3 Å². The van der Waals surface area contributed by atoms with Gasteiger partial charge in [0.15, 0.2) is 0 Å². The Hall–Kier alpha value is -2.66. The van der Waals surface area contributed by atoms with Gasteiger partial charge in [-0.15, -0.1) is 0 Å². The highest BCUT2D eigenvalue weighted by molar-refractivity contribution is 6.31. The normalized spacial score (nSPS) is 17.5.